The summed E-state index contributed by atoms with van der Waals surface area (Å²) in [6, 6.07) is 0. The minimum Gasteiger partial charge on any atom is -0.396 e. The van der Waals surface area contributed by atoms with Gasteiger partial charge in [-0.25, -0.2) is 0 Å². The van der Waals surface area contributed by atoms with Crippen molar-refractivity contribution in [2.75, 3.05) is 57.1 Å². The van der Waals surface area contributed by atoms with Gasteiger partial charge in [0.2, 0.25) is 0 Å². The summed E-state index contributed by atoms with van der Waals surface area (Å²) in [6.45, 7) is 3.96. The molecular weight excluding hydrogens is 392 g/mol. The summed E-state index contributed by atoms with van der Waals surface area (Å²) in [5.74, 6) is 2.44. The molecule has 0 aromatic heterocycles. The average Bonchev–Trinajstić information content (AvgIpc) is 2.73. The monoisotopic (exact) mass is 438 g/mol. The Labute approximate surface area is 183 Å². The molecule has 28 heavy (non-hydrogen) atoms. The first-order valence-corrected chi connectivity index (χ1v) is 14.0. The molecule has 0 aromatic carbocycles. The molecule has 1 fully saturated rings. The molecule has 0 bridgehead atoms. The van der Waals surface area contributed by atoms with Crippen LogP contribution in [0.3, 0.4) is 0 Å². The van der Waals surface area contributed by atoms with Gasteiger partial charge in [-0.3, -0.25) is 0 Å². The van der Waals surface area contributed by atoms with Crippen molar-refractivity contribution in [3.05, 3.63) is 0 Å². The molecular formula is C22H46O4S2. The van der Waals surface area contributed by atoms with Crippen LogP contribution in [-0.4, -0.2) is 68.4 Å². The van der Waals surface area contributed by atoms with Gasteiger partial charge in [-0.05, 0) is 81.8 Å². The van der Waals surface area contributed by atoms with Gasteiger partial charge in [0.1, 0.15) is 0 Å². The van der Waals surface area contributed by atoms with E-state index in [4.69, 9.17) is 19.3 Å². The maximum absolute atomic E-state index is 8.28. The molecule has 1 atom stereocenters. The third-order valence-electron chi connectivity index (χ3n) is 4.52. The van der Waals surface area contributed by atoms with Crippen LogP contribution in [0.2, 0.25) is 0 Å². The van der Waals surface area contributed by atoms with E-state index in [1.165, 1.54) is 62.9 Å². The highest BCUT2D eigenvalue weighted by molar-refractivity contribution is 7.98. The first-order chi connectivity index (χ1) is 13.8. The van der Waals surface area contributed by atoms with Gasteiger partial charge >= 0.3 is 0 Å². The third kappa shape index (κ3) is 22.8. The van der Waals surface area contributed by atoms with Crippen molar-refractivity contribution in [3.8, 4) is 0 Å². The molecule has 1 unspecified atom stereocenters. The molecule has 1 aliphatic rings. The third-order valence-corrected chi connectivity index (χ3v) is 5.91. The fourth-order valence-corrected chi connectivity index (χ4v) is 3.79. The van der Waals surface area contributed by atoms with Crippen LogP contribution in [0.15, 0.2) is 0 Å². The molecule has 0 aromatic rings. The molecule has 0 radical (unpaired) electrons. The lowest BCUT2D eigenvalue weighted by Crippen LogP contribution is -2.22. The van der Waals surface area contributed by atoms with Gasteiger partial charge in [0.25, 0.3) is 0 Å². The van der Waals surface area contributed by atoms with E-state index in [0.29, 0.717) is 6.61 Å². The Hall–Kier alpha value is 0.540. The van der Waals surface area contributed by atoms with Gasteiger partial charge < -0.3 is 19.3 Å². The Kier molecular flexibility index (Phi) is 26.1. The largest absolute Gasteiger partial charge is 0.396 e. The summed E-state index contributed by atoms with van der Waals surface area (Å²) in [7, 11) is 0. The van der Waals surface area contributed by atoms with Gasteiger partial charge in [0.05, 0.1) is 0 Å². The second kappa shape index (κ2) is 25.6. The minimum absolute atomic E-state index is 0.0817. The maximum atomic E-state index is 8.28. The zero-order valence-corrected chi connectivity index (χ0v) is 20.1. The molecule has 4 nitrogen and oxygen atoms in total. The van der Waals surface area contributed by atoms with Crippen LogP contribution < -0.4 is 0 Å². The van der Waals surface area contributed by atoms with E-state index in [1.54, 1.807) is 0 Å². The van der Waals surface area contributed by atoms with Gasteiger partial charge in [-0.1, -0.05) is 19.3 Å². The Bertz CT molecular complexity index is 273. The summed E-state index contributed by atoms with van der Waals surface area (Å²) in [4.78, 5) is 0. The fraction of sp³-hybridized carbons (Fsp3) is 1.00. The molecule has 1 rings (SSSR count). The quantitative estimate of drug-likeness (QED) is 0.274. The Morgan fingerprint density at radius 3 is 2.00 bits per heavy atom. The number of hydrogen-bond donors (Lipinski definition) is 1. The fourth-order valence-electron chi connectivity index (χ4n) is 2.80. The Morgan fingerprint density at radius 1 is 0.786 bits per heavy atom. The first kappa shape index (κ1) is 28.5. The number of thioether (sulfide) groups is 2. The summed E-state index contributed by atoms with van der Waals surface area (Å²) in [5.41, 5.74) is 0. The standard InChI is InChI=1S/C17H34O3S.C5H12OS/c1-21-16-10-9-13-18-12-6-3-2-4-7-14-19-17-11-5-8-15-20-17;1-7-5-3-2-4-6/h17H,2-16H2,1H3;6H,2-5H2,1H3. The maximum Gasteiger partial charge on any atom is 0.157 e. The normalized spacial score (nSPS) is 16.6. The van der Waals surface area contributed by atoms with Gasteiger partial charge in [-0.2, -0.15) is 23.5 Å². The lowest BCUT2D eigenvalue weighted by molar-refractivity contribution is -0.162. The SMILES string of the molecule is CSCCCCO.CSCCCCOCCCCCCCOC1CCCCO1. The molecule has 0 aliphatic carbocycles. The van der Waals surface area contributed by atoms with E-state index in [2.05, 4.69) is 12.5 Å². The predicted octanol–water partition coefficient (Wildman–Crippen LogP) is 5.76. The Morgan fingerprint density at radius 2 is 1.39 bits per heavy atom. The Balaban J connectivity index is 0.000000887. The van der Waals surface area contributed by atoms with Crippen molar-refractivity contribution in [3.63, 3.8) is 0 Å². The lowest BCUT2D eigenvalue weighted by Gasteiger charge is -2.22. The van der Waals surface area contributed by atoms with E-state index in [1.807, 2.05) is 23.5 Å². The molecule has 170 valence electrons. The van der Waals surface area contributed by atoms with Gasteiger partial charge in [0.15, 0.2) is 6.29 Å². The van der Waals surface area contributed by atoms with E-state index < -0.39 is 0 Å². The van der Waals surface area contributed by atoms with Gasteiger partial charge in [-0.15, -0.1) is 0 Å². The van der Waals surface area contributed by atoms with Crippen LogP contribution in [-0.2, 0) is 14.2 Å². The van der Waals surface area contributed by atoms with Crippen LogP contribution >= 0.6 is 23.5 Å². The zero-order valence-electron chi connectivity index (χ0n) is 18.5. The van der Waals surface area contributed by atoms with E-state index in [-0.39, 0.29) is 6.29 Å². The minimum atomic E-state index is 0.0817. The number of rotatable bonds is 18. The van der Waals surface area contributed by atoms with Crippen LogP contribution in [0.25, 0.3) is 0 Å². The first-order valence-electron chi connectivity index (χ1n) is 11.2. The number of unbranched alkanes of at least 4 members (excludes halogenated alkanes) is 6. The second-order valence-electron chi connectivity index (χ2n) is 7.17. The van der Waals surface area contributed by atoms with Crippen molar-refractivity contribution >= 4 is 23.5 Å². The van der Waals surface area contributed by atoms with Crippen molar-refractivity contribution < 1.29 is 19.3 Å². The summed E-state index contributed by atoms with van der Waals surface area (Å²) in [6.07, 6.45) is 18.7. The number of aliphatic hydroxyl groups is 1. The molecule has 0 spiro atoms. The molecule has 1 saturated heterocycles. The van der Waals surface area contributed by atoms with E-state index >= 15 is 0 Å². The zero-order chi connectivity index (χ0) is 20.5. The van der Waals surface area contributed by atoms with Gasteiger partial charge in [0, 0.05) is 33.0 Å². The molecule has 1 N–H and O–H groups in total. The molecule has 1 aliphatic heterocycles. The topological polar surface area (TPSA) is 47.9 Å². The van der Waals surface area contributed by atoms with Crippen LogP contribution in [0.1, 0.15) is 77.0 Å². The number of hydrogen-bond acceptors (Lipinski definition) is 6. The number of aliphatic hydroxyl groups excluding tert-OH is 1. The summed E-state index contributed by atoms with van der Waals surface area (Å²) in [5, 5.41) is 8.28. The second-order valence-corrected chi connectivity index (χ2v) is 9.14. The summed E-state index contributed by atoms with van der Waals surface area (Å²) < 4.78 is 16.9. The smallest absolute Gasteiger partial charge is 0.157 e. The molecule has 1 heterocycles. The van der Waals surface area contributed by atoms with E-state index in [9.17, 15) is 0 Å². The van der Waals surface area contributed by atoms with Crippen LogP contribution in [0.4, 0.5) is 0 Å². The van der Waals surface area contributed by atoms with Crippen LogP contribution in [0, 0.1) is 0 Å². The highest BCUT2D eigenvalue weighted by Crippen LogP contribution is 2.14. The highest BCUT2D eigenvalue weighted by Gasteiger charge is 2.13. The average molecular weight is 439 g/mol. The van der Waals surface area contributed by atoms with Crippen LogP contribution in [0.5, 0.6) is 0 Å². The van der Waals surface area contributed by atoms with Crippen molar-refractivity contribution in [2.45, 2.75) is 83.3 Å². The van der Waals surface area contributed by atoms with Crippen molar-refractivity contribution in [2.24, 2.45) is 0 Å². The predicted molar refractivity (Wildman–Crippen MR) is 126 cm³/mol. The van der Waals surface area contributed by atoms with Crippen molar-refractivity contribution in [1.29, 1.82) is 0 Å². The highest BCUT2D eigenvalue weighted by atomic mass is 32.2. The lowest BCUT2D eigenvalue weighted by atomic mass is 10.1. The number of ether oxygens (including phenoxy) is 3. The summed E-state index contributed by atoms with van der Waals surface area (Å²) >= 11 is 3.75. The van der Waals surface area contributed by atoms with E-state index in [0.717, 1.165) is 52.1 Å². The molecule has 0 saturated carbocycles. The van der Waals surface area contributed by atoms with Crippen molar-refractivity contribution in [1.82, 2.24) is 0 Å². The molecule has 0 amide bonds. The molecule has 6 heteroatoms.